The summed E-state index contributed by atoms with van der Waals surface area (Å²) in [6, 6.07) is 0. The number of hydrogen-bond donors (Lipinski definition) is 1. The molecule has 0 amide bonds. The lowest BCUT2D eigenvalue weighted by Gasteiger charge is -1.84. The molecule has 1 rings (SSSR count). The largest absolute Gasteiger partial charge is 0.244 e. The SMILES string of the molecule is C=C(S)c1cscn1. The highest BCUT2D eigenvalue weighted by molar-refractivity contribution is 7.90. The predicted octanol–water partition coefficient (Wildman–Crippen LogP) is 2.04. The molecule has 0 spiro atoms. The predicted molar refractivity (Wildman–Crippen MR) is 40.1 cm³/mol. The first-order chi connectivity index (χ1) is 3.80. The topological polar surface area (TPSA) is 12.9 Å². The maximum Gasteiger partial charge on any atom is 0.0865 e. The van der Waals surface area contributed by atoms with Crippen LogP contribution < -0.4 is 0 Å². The number of hydrogen-bond acceptors (Lipinski definition) is 3. The molecule has 0 bridgehead atoms. The standard InChI is InChI=1S/C5H5NS2/c1-4(7)5-2-8-3-6-5/h2-3,7H,1H2. The highest BCUT2D eigenvalue weighted by Crippen LogP contribution is 2.14. The minimum absolute atomic E-state index is 0.728. The Kier molecular flexibility index (Phi) is 1.70. The molecule has 0 saturated heterocycles. The monoisotopic (exact) mass is 143 g/mol. The van der Waals surface area contributed by atoms with Crippen molar-refractivity contribution in [3.05, 3.63) is 23.2 Å². The summed E-state index contributed by atoms with van der Waals surface area (Å²) in [6.45, 7) is 3.61. The Labute approximate surface area is 57.5 Å². The fourth-order valence-electron chi connectivity index (χ4n) is 0.355. The van der Waals surface area contributed by atoms with Gasteiger partial charge in [0.05, 0.1) is 11.2 Å². The van der Waals surface area contributed by atoms with Crippen LogP contribution in [-0.2, 0) is 0 Å². The van der Waals surface area contributed by atoms with Crippen molar-refractivity contribution in [3.63, 3.8) is 0 Å². The molecule has 0 aliphatic carbocycles. The molecule has 1 heterocycles. The smallest absolute Gasteiger partial charge is 0.0865 e. The van der Waals surface area contributed by atoms with Gasteiger partial charge in [0.2, 0.25) is 0 Å². The van der Waals surface area contributed by atoms with Crippen molar-refractivity contribution in [2.75, 3.05) is 0 Å². The van der Waals surface area contributed by atoms with Crippen LogP contribution in [0.4, 0.5) is 0 Å². The van der Waals surface area contributed by atoms with Crippen LogP contribution in [0.2, 0.25) is 0 Å². The van der Waals surface area contributed by atoms with Gasteiger partial charge in [-0.25, -0.2) is 4.98 Å². The van der Waals surface area contributed by atoms with Gasteiger partial charge in [0, 0.05) is 10.3 Å². The molecule has 0 fully saturated rings. The number of thiazole rings is 1. The Morgan fingerprint density at radius 1 is 1.88 bits per heavy atom. The number of rotatable bonds is 1. The van der Waals surface area contributed by atoms with Crippen molar-refractivity contribution in [2.24, 2.45) is 0 Å². The molecule has 3 heteroatoms. The summed E-state index contributed by atoms with van der Waals surface area (Å²) in [7, 11) is 0. The van der Waals surface area contributed by atoms with E-state index in [0.29, 0.717) is 0 Å². The maximum absolute atomic E-state index is 4.00. The van der Waals surface area contributed by atoms with Crippen LogP contribution in [0.15, 0.2) is 17.5 Å². The van der Waals surface area contributed by atoms with Crippen LogP contribution in [0, 0.1) is 0 Å². The third kappa shape index (κ3) is 1.11. The molecule has 1 aromatic heterocycles. The first-order valence-electron chi connectivity index (χ1n) is 2.07. The van der Waals surface area contributed by atoms with E-state index in [0.717, 1.165) is 10.6 Å². The molecule has 1 aromatic rings. The van der Waals surface area contributed by atoms with Crippen molar-refractivity contribution in [1.29, 1.82) is 0 Å². The lowest BCUT2D eigenvalue weighted by Crippen LogP contribution is -1.69. The summed E-state index contributed by atoms with van der Waals surface area (Å²) in [5.41, 5.74) is 2.63. The molecule has 0 saturated carbocycles. The molecule has 0 aliphatic rings. The molecule has 0 atom stereocenters. The molecule has 0 aliphatic heterocycles. The van der Waals surface area contributed by atoms with Gasteiger partial charge in [0.1, 0.15) is 0 Å². The van der Waals surface area contributed by atoms with Gasteiger partial charge in [-0.05, 0) is 0 Å². The quantitative estimate of drug-likeness (QED) is 0.594. The highest BCUT2D eigenvalue weighted by atomic mass is 32.1. The van der Waals surface area contributed by atoms with Crippen molar-refractivity contribution < 1.29 is 0 Å². The summed E-state index contributed by atoms with van der Waals surface area (Å²) >= 11 is 5.55. The van der Waals surface area contributed by atoms with E-state index < -0.39 is 0 Å². The highest BCUT2D eigenvalue weighted by Gasteiger charge is 1.91. The van der Waals surface area contributed by atoms with Crippen LogP contribution in [-0.4, -0.2) is 4.98 Å². The second kappa shape index (κ2) is 2.33. The van der Waals surface area contributed by atoms with Crippen LogP contribution >= 0.6 is 24.0 Å². The Hall–Kier alpha value is -0.280. The summed E-state index contributed by atoms with van der Waals surface area (Å²) in [5, 5.41) is 1.91. The first-order valence-corrected chi connectivity index (χ1v) is 3.46. The van der Waals surface area contributed by atoms with E-state index in [2.05, 4.69) is 24.2 Å². The van der Waals surface area contributed by atoms with Crippen LogP contribution in [0.5, 0.6) is 0 Å². The third-order valence-electron chi connectivity index (χ3n) is 0.728. The minimum Gasteiger partial charge on any atom is -0.244 e. The van der Waals surface area contributed by atoms with E-state index in [1.54, 1.807) is 16.8 Å². The Balaban J connectivity index is 2.93. The van der Waals surface area contributed by atoms with Gasteiger partial charge in [-0.3, -0.25) is 0 Å². The fourth-order valence-corrected chi connectivity index (χ4v) is 1.13. The molecule has 0 radical (unpaired) electrons. The molecule has 0 unspecified atom stereocenters. The maximum atomic E-state index is 4.00. The van der Waals surface area contributed by atoms with Crippen LogP contribution in [0.25, 0.3) is 4.91 Å². The lowest BCUT2D eigenvalue weighted by atomic mass is 10.5. The second-order valence-electron chi connectivity index (χ2n) is 1.32. The zero-order chi connectivity index (χ0) is 5.98. The number of aromatic nitrogens is 1. The van der Waals surface area contributed by atoms with Gasteiger partial charge in [-0.2, -0.15) is 0 Å². The molecule has 8 heavy (non-hydrogen) atoms. The molecule has 0 aromatic carbocycles. The van der Waals surface area contributed by atoms with Gasteiger partial charge in [0.25, 0.3) is 0 Å². The van der Waals surface area contributed by atoms with Crippen molar-refractivity contribution in [2.45, 2.75) is 0 Å². The second-order valence-corrected chi connectivity index (χ2v) is 2.58. The van der Waals surface area contributed by atoms with E-state index in [1.807, 2.05) is 5.38 Å². The third-order valence-corrected chi connectivity index (χ3v) is 1.54. The molecular weight excluding hydrogens is 138 g/mol. The fraction of sp³-hybridized carbons (Fsp3) is 0. The molecule has 42 valence electrons. The average molecular weight is 143 g/mol. The van der Waals surface area contributed by atoms with Gasteiger partial charge in [-0.15, -0.1) is 24.0 Å². The minimum atomic E-state index is 0.728. The zero-order valence-electron chi connectivity index (χ0n) is 4.16. The average Bonchev–Trinajstić information content (AvgIpc) is 2.12. The Morgan fingerprint density at radius 2 is 2.62 bits per heavy atom. The molecular formula is C5H5NS2. The van der Waals surface area contributed by atoms with Gasteiger partial charge < -0.3 is 0 Å². The van der Waals surface area contributed by atoms with E-state index in [9.17, 15) is 0 Å². The van der Waals surface area contributed by atoms with Crippen molar-refractivity contribution in [3.8, 4) is 0 Å². The van der Waals surface area contributed by atoms with Crippen LogP contribution in [0.1, 0.15) is 5.69 Å². The summed E-state index contributed by atoms with van der Waals surface area (Å²) in [4.78, 5) is 4.69. The molecule has 0 N–H and O–H groups in total. The van der Waals surface area contributed by atoms with Crippen molar-refractivity contribution >= 4 is 28.9 Å². The van der Waals surface area contributed by atoms with E-state index in [4.69, 9.17) is 0 Å². The Bertz CT molecular complexity index is 178. The normalized spacial score (nSPS) is 9.12. The van der Waals surface area contributed by atoms with Gasteiger partial charge >= 0.3 is 0 Å². The summed E-state index contributed by atoms with van der Waals surface area (Å²) in [5.74, 6) is 0. The first kappa shape index (κ1) is 5.85. The number of thiol groups is 1. The van der Waals surface area contributed by atoms with E-state index in [-0.39, 0.29) is 0 Å². The van der Waals surface area contributed by atoms with E-state index >= 15 is 0 Å². The van der Waals surface area contributed by atoms with E-state index in [1.165, 1.54) is 0 Å². The zero-order valence-corrected chi connectivity index (χ0v) is 5.88. The van der Waals surface area contributed by atoms with Crippen LogP contribution in [0.3, 0.4) is 0 Å². The Morgan fingerprint density at radius 3 is 2.88 bits per heavy atom. The van der Waals surface area contributed by atoms with Crippen molar-refractivity contribution in [1.82, 2.24) is 4.98 Å². The summed E-state index contributed by atoms with van der Waals surface area (Å²) < 4.78 is 0. The van der Waals surface area contributed by atoms with Gasteiger partial charge in [-0.1, -0.05) is 6.58 Å². The molecule has 1 nitrogen and oxygen atoms in total. The lowest BCUT2D eigenvalue weighted by molar-refractivity contribution is 1.38. The number of nitrogens with zero attached hydrogens (tertiary/aromatic N) is 1. The summed E-state index contributed by atoms with van der Waals surface area (Å²) in [6.07, 6.45) is 0. The van der Waals surface area contributed by atoms with Gasteiger partial charge in [0.15, 0.2) is 0 Å².